The van der Waals surface area contributed by atoms with Gasteiger partial charge in [-0.15, -0.1) is 12.3 Å². The van der Waals surface area contributed by atoms with Gasteiger partial charge in [0.1, 0.15) is 5.75 Å². The highest BCUT2D eigenvalue weighted by Gasteiger charge is 2.54. The Hall–Kier alpha value is -1.42. The van der Waals surface area contributed by atoms with Crippen molar-refractivity contribution in [1.82, 2.24) is 0 Å². The van der Waals surface area contributed by atoms with Crippen molar-refractivity contribution >= 4 is 0 Å². The summed E-state index contributed by atoms with van der Waals surface area (Å²) in [6.07, 6.45) is 13.3. The standard InChI is InChI=1S/C20H24O/c1-3-14-5-9-19-18-7-4-13-12-15(21)6-8-16(13)17(18)10-11-20(14,19)2/h1,6,8,12,14,17-19,21H,4-5,7,9-11H2,2H3. The van der Waals surface area contributed by atoms with Crippen LogP contribution in [0, 0.1) is 35.5 Å². The second-order valence-electron chi connectivity index (χ2n) is 7.64. The first-order valence-electron chi connectivity index (χ1n) is 8.41. The van der Waals surface area contributed by atoms with E-state index in [9.17, 15) is 5.11 Å². The number of aryl methyl sites for hydroxylation is 1. The molecule has 1 nitrogen and oxygen atoms in total. The maximum Gasteiger partial charge on any atom is 0.115 e. The Bertz CT molecular complexity index is 611. The molecule has 21 heavy (non-hydrogen) atoms. The Morgan fingerprint density at radius 1 is 1.24 bits per heavy atom. The van der Waals surface area contributed by atoms with Crippen molar-refractivity contribution in [3.63, 3.8) is 0 Å². The van der Waals surface area contributed by atoms with Crippen LogP contribution in [0.1, 0.15) is 56.1 Å². The molecule has 5 unspecified atom stereocenters. The molecule has 2 saturated carbocycles. The van der Waals surface area contributed by atoms with Crippen molar-refractivity contribution in [1.29, 1.82) is 0 Å². The van der Waals surface area contributed by atoms with E-state index in [0.29, 0.717) is 23.0 Å². The van der Waals surface area contributed by atoms with Gasteiger partial charge in [-0.25, -0.2) is 0 Å². The van der Waals surface area contributed by atoms with Crippen LogP contribution >= 0.6 is 0 Å². The first kappa shape index (κ1) is 13.3. The van der Waals surface area contributed by atoms with Gasteiger partial charge in [0, 0.05) is 5.92 Å². The largest absolute Gasteiger partial charge is 0.508 e. The third kappa shape index (κ3) is 1.78. The fourth-order valence-electron chi connectivity index (χ4n) is 5.84. The number of terminal acetylenes is 1. The summed E-state index contributed by atoms with van der Waals surface area (Å²) in [4.78, 5) is 0. The van der Waals surface area contributed by atoms with Crippen LogP contribution in [0.2, 0.25) is 0 Å². The van der Waals surface area contributed by atoms with Crippen LogP contribution in [-0.2, 0) is 6.42 Å². The topological polar surface area (TPSA) is 20.2 Å². The lowest BCUT2D eigenvalue weighted by molar-refractivity contribution is 0.0432. The van der Waals surface area contributed by atoms with Gasteiger partial charge in [0.25, 0.3) is 0 Å². The summed E-state index contributed by atoms with van der Waals surface area (Å²) < 4.78 is 0. The van der Waals surface area contributed by atoms with Crippen molar-refractivity contribution in [2.75, 3.05) is 0 Å². The maximum atomic E-state index is 9.72. The first-order valence-corrected chi connectivity index (χ1v) is 8.41. The number of hydrogen-bond donors (Lipinski definition) is 1. The zero-order chi connectivity index (χ0) is 14.6. The average molecular weight is 280 g/mol. The molecule has 0 aromatic heterocycles. The van der Waals surface area contributed by atoms with Crippen LogP contribution in [0.5, 0.6) is 5.75 Å². The Labute approximate surface area is 127 Å². The predicted molar refractivity (Wildman–Crippen MR) is 85.0 cm³/mol. The zero-order valence-electron chi connectivity index (χ0n) is 12.8. The molecule has 4 rings (SSSR count). The number of rotatable bonds is 0. The number of phenols is 1. The van der Waals surface area contributed by atoms with Crippen LogP contribution in [0.4, 0.5) is 0 Å². The lowest BCUT2D eigenvalue weighted by Gasteiger charge is -2.50. The molecule has 0 radical (unpaired) electrons. The molecule has 0 heterocycles. The monoisotopic (exact) mass is 280 g/mol. The molecule has 0 bridgehead atoms. The zero-order valence-corrected chi connectivity index (χ0v) is 12.8. The van der Waals surface area contributed by atoms with E-state index in [4.69, 9.17) is 6.42 Å². The maximum absolute atomic E-state index is 9.72. The first-order chi connectivity index (χ1) is 10.1. The minimum Gasteiger partial charge on any atom is -0.508 e. The molecule has 1 heteroatoms. The predicted octanol–water partition coefficient (Wildman–Crippen LogP) is 4.50. The van der Waals surface area contributed by atoms with Crippen LogP contribution in [-0.4, -0.2) is 5.11 Å². The number of benzene rings is 1. The van der Waals surface area contributed by atoms with Gasteiger partial charge in [-0.1, -0.05) is 13.0 Å². The third-order valence-electron chi connectivity index (χ3n) is 6.91. The molecule has 0 spiro atoms. The lowest BCUT2D eigenvalue weighted by Crippen LogP contribution is -2.42. The van der Waals surface area contributed by atoms with Crippen molar-refractivity contribution in [3.8, 4) is 18.1 Å². The fourth-order valence-corrected chi connectivity index (χ4v) is 5.84. The summed E-state index contributed by atoms with van der Waals surface area (Å²) >= 11 is 0. The van der Waals surface area contributed by atoms with E-state index in [0.717, 1.165) is 18.3 Å². The van der Waals surface area contributed by atoms with E-state index in [1.165, 1.54) is 43.2 Å². The molecule has 5 atom stereocenters. The Balaban J connectivity index is 1.70. The number of fused-ring (bicyclic) bond motifs is 5. The minimum atomic E-state index is 0.379. The second-order valence-corrected chi connectivity index (χ2v) is 7.64. The molecule has 110 valence electrons. The lowest BCUT2D eigenvalue weighted by atomic mass is 9.54. The molecule has 1 aromatic rings. The SMILES string of the molecule is C#CC1CCC2C3CCc4cc(O)ccc4C3CCC12C. The van der Waals surface area contributed by atoms with Crippen LogP contribution in [0.25, 0.3) is 0 Å². The molecule has 3 aliphatic rings. The minimum absolute atomic E-state index is 0.379. The third-order valence-corrected chi connectivity index (χ3v) is 6.91. The smallest absolute Gasteiger partial charge is 0.115 e. The highest BCUT2D eigenvalue weighted by molar-refractivity contribution is 5.40. The van der Waals surface area contributed by atoms with Crippen molar-refractivity contribution in [3.05, 3.63) is 29.3 Å². The molecule has 0 aliphatic heterocycles. The number of aromatic hydroxyl groups is 1. The highest BCUT2D eigenvalue weighted by atomic mass is 16.3. The van der Waals surface area contributed by atoms with Crippen molar-refractivity contribution in [2.24, 2.45) is 23.2 Å². The van der Waals surface area contributed by atoms with E-state index >= 15 is 0 Å². The molecule has 0 saturated heterocycles. The Morgan fingerprint density at radius 3 is 2.90 bits per heavy atom. The van der Waals surface area contributed by atoms with Gasteiger partial charge in [0.15, 0.2) is 0 Å². The van der Waals surface area contributed by atoms with Gasteiger partial charge in [-0.05, 0) is 85.0 Å². The molecule has 1 N–H and O–H groups in total. The summed E-state index contributed by atoms with van der Waals surface area (Å²) in [7, 11) is 0. The van der Waals surface area contributed by atoms with Crippen molar-refractivity contribution in [2.45, 2.75) is 51.4 Å². The van der Waals surface area contributed by atoms with Gasteiger partial charge in [-0.2, -0.15) is 0 Å². The van der Waals surface area contributed by atoms with Crippen LogP contribution in [0.3, 0.4) is 0 Å². The van der Waals surface area contributed by atoms with Gasteiger partial charge in [0.05, 0.1) is 0 Å². The quantitative estimate of drug-likeness (QED) is 0.694. The highest BCUT2D eigenvalue weighted by Crippen LogP contribution is 2.62. The fraction of sp³-hybridized carbons (Fsp3) is 0.600. The van der Waals surface area contributed by atoms with Gasteiger partial charge in [-0.3, -0.25) is 0 Å². The summed E-state index contributed by atoms with van der Waals surface area (Å²) in [5.41, 5.74) is 3.27. The molecular formula is C20H24O. The van der Waals surface area contributed by atoms with E-state index in [1.807, 2.05) is 12.1 Å². The summed E-state index contributed by atoms with van der Waals surface area (Å²) in [6.45, 7) is 2.46. The molecule has 0 amide bonds. The van der Waals surface area contributed by atoms with Gasteiger partial charge >= 0.3 is 0 Å². The Morgan fingerprint density at radius 2 is 2.10 bits per heavy atom. The summed E-state index contributed by atoms with van der Waals surface area (Å²) in [5.74, 6) is 6.31. The van der Waals surface area contributed by atoms with Crippen LogP contribution < -0.4 is 0 Å². The summed E-state index contributed by atoms with van der Waals surface area (Å²) in [5, 5.41) is 9.72. The summed E-state index contributed by atoms with van der Waals surface area (Å²) in [6, 6.07) is 6.03. The van der Waals surface area contributed by atoms with Gasteiger partial charge in [0.2, 0.25) is 0 Å². The van der Waals surface area contributed by atoms with E-state index in [2.05, 4.69) is 18.9 Å². The molecule has 3 aliphatic carbocycles. The number of hydrogen-bond acceptors (Lipinski definition) is 1. The number of phenolic OH excluding ortho intramolecular Hbond substituents is 1. The Kier molecular flexibility index (Phi) is 2.86. The van der Waals surface area contributed by atoms with Crippen molar-refractivity contribution < 1.29 is 5.11 Å². The van der Waals surface area contributed by atoms with Crippen LogP contribution in [0.15, 0.2) is 18.2 Å². The molecular weight excluding hydrogens is 256 g/mol. The second kappa shape index (κ2) is 4.54. The molecule has 1 aromatic carbocycles. The van der Waals surface area contributed by atoms with Gasteiger partial charge < -0.3 is 5.11 Å². The normalized spacial score (nSPS) is 40.8. The van der Waals surface area contributed by atoms with E-state index in [-0.39, 0.29) is 0 Å². The average Bonchev–Trinajstić information content (AvgIpc) is 2.83. The van der Waals surface area contributed by atoms with E-state index < -0.39 is 0 Å². The molecule has 2 fully saturated rings. The van der Waals surface area contributed by atoms with E-state index in [1.54, 1.807) is 0 Å².